The van der Waals surface area contributed by atoms with E-state index in [1.807, 2.05) is 31.9 Å². The first kappa shape index (κ1) is 17.5. The van der Waals surface area contributed by atoms with Crippen LogP contribution in [0.3, 0.4) is 0 Å². The van der Waals surface area contributed by atoms with Crippen molar-refractivity contribution < 1.29 is 9.53 Å². The number of ether oxygens (including phenoxy) is 1. The van der Waals surface area contributed by atoms with Crippen molar-refractivity contribution >= 4 is 6.03 Å². The van der Waals surface area contributed by atoms with Crippen molar-refractivity contribution in [3.63, 3.8) is 0 Å². The Labute approximate surface area is 138 Å². The summed E-state index contributed by atoms with van der Waals surface area (Å²) in [5, 5.41) is 2.95. The van der Waals surface area contributed by atoms with Crippen LogP contribution in [0.1, 0.15) is 30.7 Å². The number of hydrogen-bond acceptors (Lipinski definition) is 4. The Hall–Kier alpha value is -1.82. The maximum absolute atomic E-state index is 12.0. The van der Waals surface area contributed by atoms with Crippen LogP contribution in [0.2, 0.25) is 0 Å². The first-order chi connectivity index (χ1) is 10.9. The molecule has 0 spiro atoms. The maximum atomic E-state index is 12.0. The quantitative estimate of drug-likeness (QED) is 0.921. The Balaban J connectivity index is 1.93. The molecular formula is C17H28N4O2. The van der Waals surface area contributed by atoms with Gasteiger partial charge in [-0.25, -0.2) is 4.79 Å². The average Bonchev–Trinajstić information content (AvgIpc) is 2.50. The lowest BCUT2D eigenvalue weighted by Crippen LogP contribution is -2.52. The van der Waals surface area contributed by atoms with Crippen LogP contribution in [0.4, 0.5) is 4.79 Å². The molecule has 2 heterocycles. The van der Waals surface area contributed by atoms with E-state index in [1.54, 1.807) is 7.11 Å². The van der Waals surface area contributed by atoms with E-state index in [2.05, 4.69) is 22.1 Å². The molecule has 128 valence electrons. The molecule has 1 aromatic heterocycles. The van der Waals surface area contributed by atoms with Crippen molar-refractivity contribution in [2.24, 2.45) is 0 Å². The van der Waals surface area contributed by atoms with Gasteiger partial charge < -0.3 is 15.0 Å². The van der Waals surface area contributed by atoms with Crippen LogP contribution in [0, 0.1) is 13.8 Å². The third-order valence-corrected chi connectivity index (χ3v) is 4.19. The molecule has 1 fully saturated rings. The van der Waals surface area contributed by atoms with Crippen molar-refractivity contribution in [3.05, 3.63) is 23.0 Å². The lowest BCUT2D eigenvalue weighted by molar-refractivity contribution is 0.133. The summed E-state index contributed by atoms with van der Waals surface area (Å²) in [6.45, 7) is 12.0. The predicted octanol–water partition coefficient (Wildman–Crippen LogP) is 1.94. The summed E-state index contributed by atoms with van der Waals surface area (Å²) in [6, 6.07) is 0.207. The Bertz CT molecular complexity index is 552. The van der Waals surface area contributed by atoms with Gasteiger partial charge in [0.1, 0.15) is 5.75 Å². The standard InChI is InChI=1S/C17H28N4O2/c1-12(2)19-17(22)21-8-6-20(7-9-21)11-15-14(4)16(23-5)13(3)10-18-15/h10,12H,6-9,11H2,1-5H3,(H,19,22). The molecule has 0 unspecified atom stereocenters. The SMILES string of the molecule is COc1c(C)cnc(CN2CCN(C(=O)NC(C)C)CC2)c1C. The van der Waals surface area contributed by atoms with E-state index in [9.17, 15) is 4.79 Å². The van der Waals surface area contributed by atoms with Gasteiger partial charge in [-0.3, -0.25) is 9.88 Å². The number of aryl methyl sites for hydroxylation is 1. The summed E-state index contributed by atoms with van der Waals surface area (Å²) in [5.74, 6) is 0.921. The average molecular weight is 320 g/mol. The van der Waals surface area contributed by atoms with Crippen LogP contribution in [0.25, 0.3) is 0 Å². The second kappa shape index (κ2) is 7.64. The van der Waals surface area contributed by atoms with Gasteiger partial charge in [0.15, 0.2) is 0 Å². The number of hydrogen-bond donors (Lipinski definition) is 1. The molecule has 0 aromatic carbocycles. The number of rotatable bonds is 4. The topological polar surface area (TPSA) is 57.7 Å². The van der Waals surface area contributed by atoms with E-state index in [-0.39, 0.29) is 12.1 Å². The third-order valence-electron chi connectivity index (χ3n) is 4.19. The monoisotopic (exact) mass is 320 g/mol. The highest BCUT2D eigenvalue weighted by molar-refractivity contribution is 5.74. The molecule has 1 aromatic rings. The fourth-order valence-electron chi connectivity index (χ4n) is 2.89. The number of nitrogens with zero attached hydrogens (tertiary/aromatic N) is 3. The van der Waals surface area contributed by atoms with Gasteiger partial charge in [0.2, 0.25) is 0 Å². The van der Waals surface area contributed by atoms with Gasteiger partial charge in [-0.2, -0.15) is 0 Å². The number of carbonyl (C=O) groups excluding carboxylic acids is 1. The Morgan fingerprint density at radius 2 is 1.96 bits per heavy atom. The summed E-state index contributed by atoms with van der Waals surface area (Å²) in [5.41, 5.74) is 3.21. The molecule has 6 nitrogen and oxygen atoms in total. The van der Waals surface area contributed by atoms with Crippen molar-refractivity contribution in [2.75, 3.05) is 33.3 Å². The molecule has 2 rings (SSSR count). The van der Waals surface area contributed by atoms with E-state index in [0.29, 0.717) is 0 Å². The minimum Gasteiger partial charge on any atom is -0.496 e. The Kier molecular flexibility index (Phi) is 5.82. The van der Waals surface area contributed by atoms with Gasteiger partial charge in [0, 0.05) is 56.1 Å². The molecule has 6 heteroatoms. The summed E-state index contributed by atoms with van der Waals surface area (Å²) in [7, 11) is 1.70. The first-order valence-electron chi connectivity index (χ1n) is 8.19. The first-order valence-corrected chi connectivity index (χ1v) is 8.19. The number of carbonyl (C=O) groups is 1. The second-order valence-corrected chi connectivity index (χ2v) is 6.41. The van der Waals surface area contributed by atoms with Gasteiger partial charge in [-0.15, -0.1) is 0 Å². The molecule has 0 radical (unpaired) electrons. The number of urea groups is 1. The molecule has 0 atom stereocenters. The summed E-state index contributed by atoms with van der Waals surface area (Å²) < 4.78 is 5.47. The molecule has 1 N–H and O–H groups in total. The number of piperazine rings is 1. The lowest BCUT2D eigenvalue weighted by atomic mass is 10.1. The van der Waals surface area contributed by atoms with Gasteiger partial charge in [0.05, 0.1) is 12.8 Å². The minimum absolute atomic E-state index is 0.0333. The number of pyridine rings is 1. The highest BCUT2D eigenvalue weighted by Crippen LogP contribution is 2.24. The lowest BCUT2D eigenvalue weighted by Gasteiger charge is -2.35. The number of amides is 2. The second-order valence-electron chi connectivity index (χ2n) is 6.41. The predicted molar refractivity (Wildman–Crippen MR) is 90.8 cm³/mol. The zero-order valence-corrected chi connectivity index (χ0v) is 14.8. The van der Waals surface area contributed by atoms with E-state index in [1.165, 1.54) is 0 Å². The molecule has 23 heavy (non-hydrogen) atoms. The number of nitrogens with one attached hydrogen (secondary N) is 1. The molecule has 1 aliphatic rings. The Morgan fingerprint density at radius 3 is 2.52 bits per heavy atom. The number of methoxy groups -OCH3 is 1. The molecule has 0 aliphatic carbocycles. The van der Waals surface area contributed by atoms with Crippen LogP contribution in [0.5, 0.6) is 5.75 Å². The maximum Gasteiger partial charge on any atom is 0.317 e. The van der Waals surface area contributed by atoms with Gasteiger partial charge >= 0.3 is 6.03 Å². The molecule has 1 saturated heterocycles. The van der Waals surface area contributed by atoms with Crippen molar-refractivity contribution in [1.82, 2.24) is 20.1 Å². The van der Waals surface area contributed by atoms with Crippen LogP contribution >= 0.6 is 0 Å². The van der Waals surface area contributed by atoms with E-state index in [4.69, 9.17) is 4.74 Å². The number of aromatic nitrogens is 1. The van der Waals surface area contributed by atoms with E-state index in [0.717, 1.165) is 55.3 Å². The summed E-state index contributed by atoms with van der Waals surface area (Å²) >= 11 is 0. The van der Waals surface area contributed by atoms with Crippen LogP contribution in [0.15, 0.2) is 6.20 Å². The van der Waals surface area contributed by atoms with Gasteiger partial charge in [-0.05, 0) is 27.7 Å². The van der Waals surface area contributed by atoms with E-state index < -0.39 is 0 Å². The van der Waals surface area contributed by atoms with Crippen LogP contribution < -0.4 is 10.1 Å². The van der Waals surface area contributed by atoms with Crippen LogP contribution in [-0.2, 0) is 6.54 Å². The summed E-state index contributed by atoms with van der Waals surface area (Å²) in [4.78, 5) is 20.8. The van der Waals surface area contributed by atoms with E-state index >= 15 is 0 Å². The fraction of sp³-hybridized carbons (Fsp3) is 0.647. The van der Waals surface area contributed by atoms with Crippen molar-refractivity contribution in [1.29, 1.82) is 0 Å². The fourth-order valence-corrected chi connectivity index (χ4v) is 2.89. The third kappa shape index (κ3) is 4.34. The molecule has 0 saturated carbocycles. The highest BCUT2D eigenvalue weighted by atomic mass is 16.5. The van der Waals surface area contributed by atoms with Crippen molar-refractivity contribution in [3.8, 4) is 5.75 Å². The van der Waals surface area contributed by atoms with Gasteiger partial charge in [-0.1, -0.05) is 0 Å². The Morgan fingerprint density at radius 1 is 1.30 bits per heavy atom. The minimum atomic E-state index is 0.0333. The highest BCUT2D eigenvalue weighted by Gasteiger charge is 2.22. The molecule has 2 amide bonds. The smallest absolute Gasteiger partial charge is 0.317 e. The van der Waals surface area contributed by atoms with Crippen molar-refractivity contribution in [2.45, 2.75) is 40.3 Å². The zero-order valence-electron chi connectivity index (χ0n) is 14.8. The molecule has 0 bridgehead atoms. The summed E-state index contributed by atoms with van der Waals surface area (Å²) in [6.07, 6.45) is 1.87. The largest absolute Gasteiger partial charge is 0.496 e. The zero-order chi connectivity index (χ0) is 17.0. The normalized spacial score (nSPS) is 15.8. The van der Waals surface area contributed by atoms with Gasteiger partial charge in [0.25, 0.3) is 0 Å². The molecule has 1 aliphatic heterocycles. The van der Waals surface area contributed by atoms with Crippen LogP contribution in [-0.4, -0.2) is 60.1 Å². The molecular weight excluding hydrogens is 292 g/mol.